The van der Waals surface area contributed by atoms with Gasteiger partial charge in [-0.25, -0.2) is 0 Å². The Labute approximate surface area is 90.7 Å². The second-order valence-corrected chi connectivity index (χ2v) is 3.61. The van der Waals surface area contributed by atoms with E-state index in [4.69, 9.17) is 6.42 Å². The molecule has 1 aromatic rings. The zero-order valence-electron chi connectivity index (χ0n) is 9.29. The molecule has 0 radical (unpaired) electrons. The highest BCUT2D eigenvalue weighted by molar-refractivity contribution is 5.96. The Hall–Kier alpha value is -1.75. The van der Waals surface area contributed by atoms with E-state index in [9.17, 15) is 4.79 Å². The molecule has 0 aliphatic heterocycles. The third-order valence-corrected chi connectivity index (χ3v) is 2.45. The Bertz CT molecular complexity index is 415. The number of terminal acetylenes is 1. The number of carbonyl (C=O) groups excluding carboxylic acids is 1. The molecule has 0 bridgehead atoms. The molecule has 0 heterocycles. The minimum atomic E-state index is -0.239. The van der Waals surface area contributed by atoms with Crippen LogP contribution in [0.3, 0.4) is 0 Å². The highest BCUT2D eigenvalue weighted by Gasteiger charge is 2.11. The molecule has 15 heavy (non-hydrogen) atoms. The van der Waals surface area contributed by atoms with Crippen molar-refractivity contribution in [1.29, 1.82) is 0 Å². The van der Waals surface area contributed by atoms with Gasteiger partial charge in [0.25, 0.3) is 5.91 Å². The van der Waals surface area contributed by atoms with Crippen LogP contribution in [-0.2, 0) is 0 Å². The van der Waals surface area contributed by atoms with E-state index in [0.29, 0.717) is 5.56 Å². The largest absolute Gasteiger partial charge is 0.339 e. The van der Waals surface area contributed by atoms with Crippen molar-refractivity contribution in [2.45, 2.75) is 26.8 Å². The summed E-state index contributed by atoms with van der Waals surface area (Å²) in [6, 6.07) is 5.42. The molecule has 0 fully saturated rings. The summed E-state index contributed by atoms with van der Waals surface area (Å²) in [5, 5.41) is 2.74. The van der Waals surface area contributed by atoms with Crippen LogP contribution in [0.15, 0.2) is 18.2 Å². The summed E-state index contributed by atoms with van der Waals surface area (Å²) in [6.45, 7) is 5.70. The van der Waals surface area contributed by atoms with Gasteiger partial charge in [-0.3, -0.25) is 4.79 Å². The Morgan fingerprint density at radius 1 is 1.47 bits per heavy atom. The first-order valence-electron chi connectivity index (χ1n) is 4.89. The molecule has 2 heteroatoms. The molecule has 2 nitrogen and oxygen atoms in total. The molecular weight excluding hydrogens is 186 g/mol. The van der Waals surface area contributed by atoms with E-state index in [1.807, 2.05) is 26.0 Å². The number of amides is 1. The highest BCUT2D eigenvalue weighted by Crippen LogP contribution is 2.12. The van der Waals surface area contributed by atoms with E-state index >= 15 is 0 Å². The number of rotatable bonds is 2. The van der Waals surface area contributed by atoms with Gasteiger partial charge < -0.3 is 5.32 Å². The van der Waals surface area contributed by atoms with Crippen molar-refractivity contribution < 1.29 is 4.79 Å². The number of carbonyl (C=O) groups is 1. The van der Waals surface area contributed by atoms with Gasteiger partial charge in [-0.2, -0.15) is 0 Å². The first kappa shape index (κ1) is 11.3. The molecule has 1 atom stereocenters. The number of hydrogen-bond donors (Lipinski definition) is 1. The zero-order valence-corrected chi connectivity index (χ0v) is 9.29. The standard InChI is InChI=1S/C13H15NO/c1-5-10(3)14-13(15)12-8-6-7-9(2)11(12)4/h1,6-8,10H,2-4H3,(H,14,15). The van der Waals surface area contributed by atoms with Crippen molar-refractivity contribution in [3.8, 4) is 12.3 Å². The second kappa shape index (κ2) is 4.65. The summed E-state index contributed by atoms with van der Waals surface area (Å²) >= 11 is 0. The molecule has 0 spiro atoms. The smallest absolute Gasteiger partial charge is 0.252 e. The second-order valence-electron chi connectivity index (χ2n) is 3.61. The van der Waals surface area contributed by atoms with Gasteiger partial charge >= 0.3 is 0 Å². The fourth-order valence-electron chi connectivity index (χ4n) is 1.31. The Kier molecular flexibility index (Phi) is 3.51. The maximum Gasteiger partial charge on any atom is 0.252 e. The van der Waals surface area contributed by atoms with Gasteiger partial charge in [-0.15, -0.1) is 6.42 Å². The lowest BCUT2D eigenvalue weighted by atomic mass is 10.0. The van der Waals surface area contributed by atoms with Crippen LogP contribution < -0.4 is 5.32 Å². The minimum Gasteiger partial charge on any atom is -0.339 e. The SMILES string of the molecule is C#CC(C)NC(=O)c1cccc(C)c1C. The van der Waals surface area contributed by atoms with Crippen molar-refractivity contribution in [3.63, 3.8) is 0 Å². The van der Waals surface area contributed by atoms with Crippen LogP contribution in [0.4, 0.5) is 0 Å². The summed E-state index contributed by atoms with van der Waals surface area (Å²) in [5.41, 5.74) is 2.80. The molecule has 78 valence electrons. The Balaban J connectivity index is 2.93. The molecule has 0 aliphatic carbocycles. The number of benzene rings is 1. The van der Waals surface area contributed by atoms with E-state index < -0.39 is 0 Å². The molecule has 1 unspecified atom stereocenters. The van der Waals surface area contributed by atoms with Crippen LogP contribution in [-0.4, -0.2) is 11.9 Å². The van der Waals surface area contributed by atoms with Crippen LogP contribution in [0.5, 0.6) is 0 Å². The third kappa shape index (κ3) is 2.60. The predicted molar refractivity (Wildman–Crippen MR) is 61.7 cm³/mol. The lowest BCUT2D eigenvalue weighted by Crippen LogP contribution is -2.31. The monoisotopic (exact) mass is 201 g/mol. The van der Waals surface area contributed by atoms with Crippen LogP contribution >= 0.6 is 0 Å². The lowest BCUT2D eigenvalue weighted by Gasteiger charge is -2.11. The molecule has 1 rings (SSSR count). The number of nitrogens with one attached hydrogen (secondary N) is 1. The van der Waals surface area contributed by atoms with E-state index in [1.54, 1.807) is 13.0 Å². The molecule has 1 aromatic carbocycles. The van der Waals surface area contributed by atoms with Crippen LogP contribution in [0.25, 0.3) is 0 Å². The highest BCUT2D eigenvalue weighted by atomic mass is 16.1. The Morgan fingerprint density at radius 3 is 2.73 bits per heavy atom. The van der Waals surface area contributed by atoms with Gasteiger partial charge in [-0.05, 0) is 38.0 Å². The average molecular weight is 201 g/mol. The van der Waals surface area contributed by atoms with Crippen LogP contribution in [0, 0.1) is 26.2 Å². The minimum absolute atomic E-state index is 0.110. The predicted octanol–water partition coefficient (Wildman–Crippen LogP) is 2.05. The molecule has 1 N–H and O–H groups in total. The Morgan fingerprint density at radius 2 is 2.13 bits per heavy atom. The number of aryl methyl sites for hydroxylation is 1. The van der Waals surface area contributed by atoms with E-state index in [-0.39, 0.29) is 11.9 Å². The van der Waals surface area contributed by atoms with Crippen molar-refractivity contribution in [2.24, 2.45) is 0 Å². The van der Waals surface area contributed by atoms with E-state index in [2.05, 4.69) is 11.2 Å². The van der Waals surface area contributed by atoms with Gasteiger partial charge in [0.15, 0.2) is 0 Å². The number of hydrogen-bond acceptors (Lipinski definition) is 1. The molecular formula is C13H15NO. The van der Waals surface area contributed by atoms with Crippen molar-refractivity contribution in [1.82, 2.24) is 5.32 Å². The maximum atomic E-state index is 11.8. The summed E-state index contributed by atoms with van der Waals surface area (Å²) in [4.78, 5) is 11.8. The van der Waals surface area contributed by atoms with E-state index in [1.165, 1.54) is 0 Å². The van der Waals surface area contributed by atoms with Crippen molar-refractivity contribution in [3.05, 3.63) is 34.9 Å². The summed E-state index contributed by atoms with van der Waals surface area (Å²) < 4.78 is 0. The van der Waals surface area contributed by atoms with Crippen LogP contribution in [0.2, 0.25) is 0 Å². The molecule has 0 saturated carbocycles. The summed E-state index contributed by atoms with van der Waals surface area (Å²) in [5.74, 6) is 2.36. The first-order chi connectivity index (χ1) is 7.06. The quantitative estimate of drug-likeness (QED) is 0.729. The fourth-order valence-corrected chi connectivity index (χ4v) is 1.31. The van der Waals surface area contributed by atoms with Crippen molar-refractivity contribution in [2.75, 3.05) is 0 Å². The van der Waals surface area contributed by atoms with Gasteiger partial charge in [0, 0.05) is 5.56 Å². The average Bonchev–Trinajstić information content (AvgIpc) is 2.21. The molecule has 0 aromatic heterocycles. The first-order valence-corrected chi connectivity index (χ1v) is 4.89. The molecule has 0 aliphatic rings. The lowest BCUT2D eigenvalue weighted by molar-refractivity contribution is 0.0947. The fraction of sp³-hybridized carbons (Fsp3) is 0.308. The van der Waals surface area contributed by atoms with Gasteiger partial charge in [0.1, 0.15) is 0 Å². The molecule has 1 amide bonds. The van der Waals surface area contributed by atoms with Crippen molar-refractivity contribution >= 4 is 5.91 Å². The normalized spacial score (nSPS) is 11.6. The molecule has 0 saturated heterocycles. The summed E-state index contributed by atoms with van der Waals surface area (Å²) in [6.07, 6.45) is 5.20. The summed E-state index contributed by atoms with van der Waals surface area (Å²) in [7, 11) is 0. The van der Waals surface area contributed by atoms with Gasteiger partial charge in [-0.1, -0.05) is 18.1 Å². The third-order valence-electron chi connectivity index (χ3n) is 2.45. The van der Waals surface area contributed by atoms with Crippen LogP contribution in [0.1, 0.15) is 28.4 Å². The van der Waals surface area contributed by atoms with Gasteiger partial charge in [0.05, 0.1) is 6.04 Å². The maximum absolute atomic E-state index is 11.8. The van der Waals surface area contributed by atoms with E-state index in [0.717, 1.165) is 11.1 Å². The zero-order chi connectivity index (χ0) is 11.4. The van der Waals surface area contributed by atoms with Gasteiger partial charge in [0.2, 0.25) is 0 Å². The topological polar surface area (TPSA) is 29.1 Å².